The first-order valence-electron chi connectivity index (χ1n) is 5.19. The monoisotopic (exact) mass is 205 g/mol. The van der Waals surface area contributed by atoms with Crippen molar-refractivity contribution in [2.75, 3.05) is 0 Å². The van der Waals surface area contributed by atoms with Crippen molar-refractivity contribution in [1.29, 1.82) is 0 Å². The zero-order chi connectivity index (χ0) is 11.2. The third-order valence-electron chi connectivity index (χ3n) is 3.18. The number of Topliss-reactive ketones (excluding diaryl/α,β-unsaturated/α-hetero) is 2. The number of rotatable bonds is 1. The van der Waals surface area contributed by atoms with Gasteiger partial charge in [0.05, 0.1) is 0 Å². The van der Waals surface area contributed by atoms with Gasteiger partial charge >= 0.3 is 0 Å². The lowest BCUT2D eigenvalue weighted by molar-refractivity contribution is 0.0805. The van der Waals surface area contributed by atoms with E-state index in [9.17, 15) is 9.59 Å². The minimum absolute atomic E-state index is 0.0430. The Bertz CT molecular complexity index is 440. The number of aryl methyl sites for hydroxylation is 1. The molecule has 0 radical (unpaired) electrons. The summed E-state index contributed by atoms with van der Waals surface area (Å²) in [6.45, 7) is 5.38. The highest BCUT2D eigenvalue weighted by Gasteiger charge is 2.37. The van der Waals surface area contributed by atoms with Crippen molar-refractivity contribution in [3.8, 4) is 0 Å². The van der Waals surface area contributed by atoms with E-state index in [1.165, 1.54) is 6.92 Å². The van der Waals surface area contributed by atoms with Gasteiger partial charge in [-0.25, -0.2) is 0 Å². The van der Waals surface area contributed by atoms with E-state index in [0.29, 0.717) is 11.1 Å². The van der Waals surface area contributed by atoms with Gasteiger partial charge in [0.25, 0.3) is 0 Å². The molecule has 1 aromatic heterocycles. The molecule has 0 saturated carbocycles. The van der Waals surface area contributed by atoms with Gasteiger partial charge in [0.1, 0.15) is 0 Å². The Kier molecular flexibility index (Phi) is 2.07. The van der Waals surface area contributed by atoms with Gasteiger partial charge in [-0.2, -0.15) is 0 Å². The van der Waals surface area contributed by atoms with E-state index < -0.39 is 0 Å². The Morgan fingerprint density at radius 1 is 1.47 bits per heavy atom. The van der Waals surface area contributed by atoms with Crippen molar-refractivity contribution in [2.45, 2.75) is 33.6 Å². The van der Waals surface area contributed by atoms with Gasteiger partial charge in [-0.1, -0.05) is 13.8 Å². The van der Waals surface area contributed by atoms with Crippen LogP contribution in [0.4, 0.5) is 0 Å². The van der Waals surface area contributed by atoms with Crippen molar-refractivity contribution in [3.63, 3.8) is 0 Å². The Hall–Kier alpha value is -1.38. The molecule has 0 aromatic carbocycles. The summed E-state index contributed by atoms with van der Waals surface area (Å²) in [6, 6.07) is 0. The number of hydrogen-bond acceptors (Lipinski definition) is 2. The van der Waals surface area contributed by atoms with Gasteiger partial charge < -0.3 is 4.98 Å². The van der Waals surface area contributed by atoms with E-state index in [1.807, 2.05) is 13.8 Å². The molecule has 80 valence electrons. The van der Waals surface area contributed by atoms with Gasteiger partial charge in [0, 0.05) is 28.4 Å². The van der Waals surface area contributed by atoms with Crippen LogP contribution in [0, 0.1) is 5.41 Å². The highest BCUT2D eigenvalue weighted by molar-refractivity contribution is 6.11. The first-order chi connectivity index (χ1) is 6.93. The molecule has 1 aliphatic carbocycles. The van der Waals surface area contributed by atoms with Crippen LogP contribution in [0.15, 0.2) is 6.20 Å². The zero-order valence-electron chi connectivity index (χ0n) is 9.31. The van der Waals surface area contributed by atoms with Crippen LogP contribution in [0.5, 0.6) is 0 Å². The predicted octanol–water partition coefficient (Wildman–Crippen LogP) is 2.37. The zero-order valence-corrected chi connectivity index (χ0v) is 9.31. The van der Waals surface area contributed by atoms with E-state index in [2.05, 4.69) is 4.98 Å². The molecular weight excluding hydrogens is 190 g/mol. The molecule has 0 unspecified atom stereocenters. The summed E-state index contributed by atoms with van der Waals surface area (Å²) < 4.78 is 0. The molecule has 0 spiro atoms. The van der Waals surface area contributed by atoms with Crippen LogP contribution in [0.25, 0.3) is 0 Å². The van der Waals surface area contributed by atoms with Crippen LogP contribution in [0.2, 0.25) is 0 Å². The summed E-state index contributed by atoms with van der Waals surface area (Å²) in [7, 11) is 0. The van der Waals surface area contributed by atoms with Crippen molar-refractivity contribution in [3.05, 3.63) is 23.0 Å². The lowest BCUT2D eigenvalue weighted by Crippen LogP contribution is -2.30. The second-order valence-corrected chi connectivity index (χ2v) is 4.83. The molecule has 1 heterocycles. The third kappa shape index (κ3) is 1.42. The van der Waals surface area contributed by atoms with E-state index in [1.54, 1.807) is 6.20 Å². The lowest BCUT2D eigenvalue weighted by atomic mass is 9.74. The van der Waals surface area contributed by atoms with Crippen LogP contribution in [0.1, 0.15) is 53.6 Å². The second-order valence-electron chi connectivity index (χ2n) is 4.83. The van der Waals surface area contributed by atoms with Crippen molar-refractivity contribution in [1.82, 2.24) is 4.98 Å². The molecule has 1 aromatic rings. The van der Waals surface area contributed by atoms with Crippen molar-refractivity contribution in [2.24, 2.45) is 5.41 Å². The summed E-state index contributed by atoms with van der Waals surface area (Å²) in [6.07, 6.45) is 3.35. The fourth-order valence-corrected chi connectivity index (χ4v) is 2.09. The van der Waals surface area contributed by atoms with Gasteiger partial charge in [-0.15, -0.1) is 0 Å². The number of H-pyrrole nitrogens is 1. The molecule has 0 amide bonds. The molecule has 0 saturated heterocycles. The number of aromatic amines is 1. The average molecular weight is 205 g/mol. The molecule has 15 heavy (non-hydrogen) atoms. The van der Waals surface area contributed by atoms with Gasteiger partial charge in [0.15, 0.2) is 11.6 Å². The maximum Gasteiger partial charge on any atom is 0.170 e. The summed E-state index contributed by atoms with van der Waals surface area (Å²) in [5.74, 6) is 0.0498. The Morgan fingerprint density at radius 2 is 2.13 bits per heavy atom. The van der Waals surface area contributed by atoms with Crippen LogP contribution in [-0.4, -0.2) is 16.6 Å². The molecular formula is C12H15NO2. The first-order valence-corrected chi connectivity index (χ1v) is 5.19. The highest BCUT2D eigenvalue weighted by Crippen LogP contribution is 2.35. The molecule has 0 bridgehead atoms. The van der Waals surface area contributed by atoms with E-state index in [4.69, 9.17) is 0 Å². The van der Waals surface area contributed by atoms with E-state index >= 15 is 0 Å². The van der Waals surface area contributed by atoms with Crippen LogP contribution >= 0.6 is 0 Å². The molecule has 2 rings (SSSR count). The van der Waals surface area contributed by atoms with Crippen molar-refractivity contribution < 1.29 is 9.59 Å². The minimum Gasteiger partial charge on any atom is -0.364 e. The van der Waals surface area contributed by atoms with Gasteiger partial charge in [-0.3, -0.25) is 9.59 Å². The number of carbonyl (C=O) groups excluding carboxylic acids is 2. The summed E-state index contributed by atoms with van der Waals surface area (Å²) >= 11 is 0. The van der Waals surface area contributed by atoms with Crippen LogP contribution in [-0.2, 0) is 6.42 Å². The topological polar surface area (TPSA) is 49.9 Å². The summed E-state index contributed by atoms with van der Waals surface area (Å²) in [5, 5.41) is 0. The summed E-state index contributed by atoms with van der Waals surface area (Å²) in [5.41, 5.74) is 1.76. The average Bonchev–Trinajstić information content (AvgIpc) is 2.55. The molecule has 1 N–H and O–H groups in total. The molecule has 0 aliphatic heterocycles. The number of nitrogens with one attached hydrogen (secondary N) is 1. The maximum atomic E-state index is 12.2. The minimum atomic E-state index is -0.334. The SMILES string of the molecule is CC(=O)c1c[nH]c2c1C(=O)C(C)(C)CC2. The Morgan fingerprint density at radius 3 is 2.73 bits per heavy atom. The Labute approximate surface area is 88.9 Å². The van der Waals surface area contributed by atoms with Crippen LogP contribution < -0.4 is 0 Å². The summed E-state index contributed by atoms with van der Waals surface area (Å²) in [4.78, 5) is 26.5. The molecule has 3 nitrogen and oxygen atoms in total. The number of fused-ring (bicyclic) bond motifs is 1. The van der Waals surface area contributed by atoms with Gasteiger partial charge in [-0.05, 0) is 19.8 Å². The predicted molar refractivity (Wildman–Crippen MR) is 57.2 cm³/mol. The molecule has 0 atom stereocenters. The van der Waals surface area contributed by atoms with Gasteiger partial charge in [0.2, 0.25) is 0 Å². The largest absolute Gasteiger partial charge is 0.364 e. The number of carbonyl (C=O) groups is 2. The molecule has 0 fully saturated rings. The quantitative estimate of drug-likeness (QED) is 0.715. The van der Waals surface area contributed by atoms with Crippen molar-refractivity contribution >= 4 is 11.6 Å². The standard InChI is InChI=1S/C12H15NO2/c1-7(14)8-6-13-9-4-5-12(2,3)11(15)10(8)9/h6,13H,4-5H2,1-3H3. The number of hydrogen-bond donors (Lipinski definition) is 1. The fourth-order valence-electron chi connectivity index (χ4n) is 2.09. The third-order valence-corrected chi connectivity index (χ3v) is 3.18. The lowest BCUT2D eigenvalue weighted by Gasteiger charge is -2.28. The maximum absolute atomic E-state index is 12.2. The molecule has 1 aliphatic rings. The number of ketones is 2. The second kappa shape index (κ2) is 3.05. The first kappa shape index (κ1) is 10.1. The highest BCUT2D eigenvalue weighted by atomic mass is 16.1. The number of aromatic nitrogens is 1. The van der Waals surface area contributed by atoms with Crippen LogP contribution in [0.3, 0.4) is 0 Å². The van der Waals surface area contributed by atoms with E-state index in [0.717, 1.165) is 18.5 Å². The molecule has 3 heteroatoms. The smallest absolute Gasteiger partial charge is 0.170 e. The fraction of sp³-hybridized carbons (Fsp3) is 0.500. The van der Waals surface area contributed by atoms with E-state index in [-0.39, 0.29) is 17.0 Å². The normalized spacial score (nSPS) is 18.7. The Balaban J connectivity index is 2.58.